The van der Waals surface area contributed by atoms with Crippen LogP contribution in [-0.4, -0.2) is 57.0 Å². The molecule has 1 aromatic carbocycles. The number of carbonyl (C=O) groups is 3. The minimum atomic E-state index is -0.618. The van der Waals surface area contributed by atoms with Crippen molar-refractivity contribution in [3.63, 3.8) is 0 Å². The van der Waals surface area contributed by atoms with Crippen LogP contribution >= 0.6 is 0 Å². The van der Waals surface area contributed by atoms with E-state index < -0.39 is 12.0 Å². The van der Waals surface area contributed by atoms with Crippen LogP contribution in [0, 0.1) is 6.92 Å². The zero-order chi connectivity index (χ0) is 26.5. The molecule has 0 atom stereocenters. The van der Waals surface area contributed by atoms with Crippen LogP contribution in [-0.2, 0) is 17.8 Å². The summed E-state index contributed by atoms with van der Waals surface area (Å²) in [5.41, 5.74) is 7.89. The first-order valence-electron chi connectivity index (χ1n) is 12.5. The quantitative estimate of drug-likeness (QED) is 0.353. The van der Waals surface area contributed by atoms with E-state index in [0.717, 1.165) is 31.4 Å². The molecule has 0 spiro atoms. The van der Waals surface area contributed by atoms with E-state index in [4.69, 9.17) is 15.2 Å². The number of aromatic nitrogens is 4. The second kappa shape index (κ2) is 11.3. The SMILES string of the molecule is CCn1nc(C)cc1C(=O)Nc1nc2cc(C(N)=O)cc(OC)c2n1CCCNC(=O)OC1CCCC1. The van der Waals surface area contributed by atoms with Crippen LogP contribution in [0.1, 0.15) is 65.6 Å². The zero-order valence-electron chi connectivity index (χ0n) is 21.4. The molecule has 0 unspecified atom stereocenters. The molecule has 4 rings (SSSR count). The maximum atomic E-state index is 13.1. The number of amides is 3. The number of hydrogen-bond donors (Lipinski definition) is 3. The molecule has 1 saturated carbocycles. The third-order valence-corrected chi connectivity index (χ3v) is 6.37. The highest BCUT2D eigenvalue weighted by Gasteiger charge is 2.22. The van der Waals surface area contributed by atoms with Crippen molar-refractivity contribution in [3.05, 3.63) is 35.2 Å². The molecule has 3 aromatic rings. The molecule has 0 saturated heterocycles. The number of nitrogens with two attached hydrogens (primary N) is 1. The maximum absolute atomic E-state index is 13.1. The summed E-state index contributed by atoms with van der Waals surface area (Å²) in [7, 11) is 1.48. The summed E-state index contributed by atoms with van der Waals surface area (Å²) in [6, 6.07) is 4.81. The van der Waals surface area contributed by atoms with Gasteiger partial charge >= 0.3 is 6.09 Å². The van der Waals surface area contributed by atoms with Gasteiger partial charge in [0.1, 0.15) is 23.1 Å². The highest BCUT2D eigenvalue weighted by Crippen LogP contribution is 2.31. The predicted octanol–water partition coefficient (Wildman–Crippen LogP) is 2.98. The highest BCUT2D eigenvalue weighted by atomic mass is 16.6. The van der Waals surface area contributed by atoms with Crippen LogP contribution in [0.2, 0.25) is 0 Å². The van der Waals surface area contributed by atoms with Gasteiger partial charge in [-0.2, -0.15) is 5.10 Å². The van der Waals surface area contributed by atoms with Crippen molar-refractivity contribution in [2.24, 2.45) is 5.73 Å². The third kappa shape index (κ3) is 5.84. The Balaban J connectivity index is 1.57. The smallest absolute Gasteiger partial charge is 0.407 e. The lowest BCUT2D eigenvalue weighted by Crippen LogP contribution is -2.29. The number of carbonyl (C=O) groups excluding carboxylic acids is 3. The van der Waals surface area contributed by atoms with Gasteiger partial charge in [-0.3, -0.25) is 19.6 Å². The first-order valence-corrected chi connectivity index (χ1v) is 12.5. The van der Waals surface area contributed by atoms with Crippen LogP contribution < -0.4 is 21.1 Å². The molecule has 37 heavy (non-hydrogen) atoms. The van der Waals surface area contributed by atoms with Crippen molar-refractivity contribution >= 4 is 34.9 Å². The van der Waals surface area contributed by atoms with E-state index in [1.54, 1.807) is 27.4 Å². The standard InChI is InChI=1S/C25H33N7O5/c1-4-32-19(12-15(2)30-32)23(34)29-24-28-18-13-16(22(26)33)14-20(36-3)21(18)31(24)11-7-10-27-25(35)37-17-8-5-6-9-17/h12-14,17H,4-11H2,1-3H3,(H2,26,33)(H,27,35)(H,28,29,34). The summed E-state index contributed by atoms with van der Waals surface area (Å²) in [6.45, 7) is 5.01. The van der Waals surface area contributed by atoms with Gasteiger partial charge in [0.05, 0.1) is 18.3 Å². The molecule has 1 aliphatic carbocycles. The summed E-state index contributed by atoms with van der Waals surface area (Å²) in [5, 5.41) is 10.00. The number of ether oxygens (including phenoxy) is 2. The maximum Gasteiger partial charge on any atom is 0.407 e. The molecule has 3 amide bonds. The van der Waals surface area contributed by atoms with E-state index in [9.17, 15) is 14.4 Å². The minimum Gasteiger partial charge on any atom is -0.494 e. The molecular weight excluding hydrogens is 478 g/mol. The molecule has 0 radical (unpaired) electrons. The van der Waals surface area contributed by atoms with Gasteiger partial charge in [0.25, 0.3) is 5.91 Å². The fourth-order valence-electron chi connectivity index (χ4n) is 4.60. The van der Waals surface area contributed by atoms with Gasteiger partial charge in [0, 0.05) is 25.2 Å². The average Bonchev–Trinajstić information content (AvgIpc) is 3.60. The predicted molar refractivity (Wildman–Crippen MR) is 137 cm³/mol. The topological polar surface area (TPSA) is 155 Å². The van der Waals surface area contributed by atoms with Crippen molar-refractivity contribution in [3.8, 4) is 5.75 Å². The molecular formula is C25H33N7O5. The van der Waals surface area contributed by atoms with E-state index >= 15 is 0 Å². The van der Waals surface area contributed by atoms with Crippen molar-refractivity contribution in [1.29, 1.82) is 0 Å². The first kappa shape index (κ1) is 26.0. The highest BCUT2D eigenvalue weighted by molar-refractivity contribution is 6.04. The van der Waals surface area contributed by atoms with Gasteiger partial charge in [-0.15, -0.1) is 0 Å². The molecule has 2 aromatic heterocycles. The van der Waals surface area contributed by atoms with Crippen LogP contribution in [0.3, 0.4) is 0 Å². The lowest BCUT2D eigenvalue weighted by molar-refractivity contribution is 0.0994. The third-order valence-electron chi connectivity index (χ3n) is 6.37. The van der Waals surface area contributed by atoms with Crippen LogP contribution in [0.4, 0.5) is 10.7 Å². The Morgan fingerprint density at radius 2 is 1.95 bits per heavy atom. The molecule has 4 N–H and O–H groups in total. The van der Waals surface area contributed by atoms with Gasteiger partial charge in [0.15, 0.2) is 0 Å². The van der Waals surface area contributed by atoms with Crippen LogP contribution in [0.25, 0.3) is 11.0 Å². The Hall–Kier alpha value is -4.09. The average molecular weight is 512 g/mol. The monoisotopic (exact) mass is 511 g/mol. The lowest BCUT2D eigenvalue weighted by Gasteiger charge is -2.14. The van der Waals surface area contributed by atoms with E-state index in [-0.39, 0.29) is 23.5 Å². The molecule has 1 aliphatic rings. The van der Waals surface area contributed by atoms with Gasteiger partial charge in [-0.1, -0.05) is 0 Å². The van der Waals surface area contributed by atoms with E-state index in [0.29, 0.717) is 48.5 Å². The van der Waals surface area contributed by atoms with Crippen molar-refractivity contribution in [2.45, 2.75) is 65.1 Å². The molecule has 12 nitrogen and oxygen atoms in total. The minimum absolute atomic E-state index is 0.0108. The first-order chi connectivity index (χ1) is 17.8. The zero-order valence-corrected chi connectivity index (χ0v) is 21.4. The van der Waals surface area contributed by atoms with Crippen LogP contribution in [0.5, 0.6) is 5.75 Å². The summed E-state index contributed by atoms with van der Waals surface area (Å²) in [6.07, 6.45) is 4.06. The summed E-state index contributed by atoms with van der Waals surface area (Å²) in [4.78, 5) is 41.7. The number of nitrogens with zero attached hydrogens (tertiary/aromatic N) is 4. The Kier molecular flexibility index (Phi) is 7.95. The molecule has 0 bridgehead atoms. The fourth-order valence-corrected chi connectivity index (χ4v) is 4.60. The van der Waals surface area contributed by atoms with Gasteiger partial charge in [0.2, 0.25) is 11.9 Å². The van der Waals surface area contributed by atoms with Crippen molar-refractivity contribution in [1.82, 2.24) is 24.6 Å². The molecule has 1 fully saturated rings. The summed E-state index contributed by atoms with van der Waals surface area (Å²) in [5.74, 6) is -0.323. The number of anilines is 1. The Morgan fingerprint density at radius 1 is 1.19 bits per heavy atom. The largest absolute Gasteiger partial charge is 0.494 e. The number of alkyl carbamates (subject to hydrolysis) is 1. The normalized spacial score (nSPS) is 13.6. The fraction of sp³-hybridized carbons (Fsp3) is 0.480. The number of hydrogen-bond acceptors (Lipinski definition) is 7. The van der Waals surface area contributed by atoms with E-state index in [1.165, 1.54) is 7.11 Å². The molecule has 2 heterocycles. The Morgan fingerprint density at radius 3 is 2.62 bits per heavy atom. The number of fused-ring (bicyclic) bond motifs is 1. The number of nitrogens with one attached hydrogen (secondary N) is 2. The molecule has 198 valence electrons. The summed E-state index contributed by atoms with van der Waals surface area (Å²) < 4.78 is 14.4. The van der Waals surface area contributed by atoms with Gasteiger partial charge < -0.3 is 25.1 Å². The van der Waals surface area contributed by atoms with Crippen molar-refractivity contribution in [2.75, 3.05) is 19.0 Å². The van der Waals surface area contributed by atoms with Gasteiger partial charge in [-0.05, 0) is 64.2 Å². The van der Waals surface area contributed by atoms with Crippen molar-refractivity contribution < 1.29 is 23.9 Å². The second-order valence-electron chi connectivity index (χ2n) is 9.03. The number of aryl methyl sites for hydroxylation is 3. The lowest BCUT2D eigenvalue weighted by atomic mass is 10.1. The number of primary amides is 1. The van der Waals surface area contributed by atoms with Gasteiger partial charge in [-0.25, -0.2) is 9.78 Å². The van der Waals surface area contributed by atoms with Crippen LogP contribution in [0.15, 0.2) is 18.2 Å². The Bertz CT molecular complexity index is 1310. The molecule has 12 heteroatoms. The molecule has 0 aliphatic heterocycles. The Labute approximate surface area is 214 Å². The number of benzene rings is 1. The number of rotatable bonds is 10. The second-order valence-corrected chi connectivity index (χ2v) is 9.03. The summed E-state index contributed by atoms with van der Waals surface area (Å²) >= 11 is 0. The number of methoxy groups -OCH3 is 1. The van der Waals surface area contributed by atoms with E-state index in [1.807, 2.05) is 13.8 Å². The van der Waals surface area contributed by atoms with E-state index in [2.05, 4.69) is 20.7 Å². The number of imidazole rings is 1.